The smallest absolute Gasteiger partial charge is 0.291 e. The minimum Gasteiger partial charge on any atom is -0.291 e. The van der Waals surface area contributed by atoms with E-state index in [4.69, 9.17) is 0 Å². The van der Waals surface area contributed by atoms with Gasteiger partial charge in [0.25, 0.3) is 5.56 Å². The van der Waals surface area contributed by atoms with Crippen LogP contribution in [0.4, 0.5) is 0 Å². The van der Waals surface area contributed by atoms with Crippen LogP contribution < -0.4 is 11.2 Å². The van der Waals surface area contributed by atoms with Crippen LogP contribution in [0.1, 0.15) is 5.56 Å². The highest BCUT2D eigenvalue weighted by atomic mass is 32.2. The molecular formula is C13H14N2O2S. The van der Waals surface area contributed by atoms with Gasteiger partial charge in [-0.25, -0.2) is 4.79 Å². The van der Waals surface area contributed by atoms with Gasteiger partial charge in [-0.2, -0.15) is 0 Å². The lowest BCUT2D eigenvalue weighted by molar-refractivity contribution is 0.636. The van der Waals surface area contributed by atoms with Crippen LogP contribution in [0.5, 0.6) is 0 Å². The summed E-state index contributed by atoms with van der Waals surface area (Å²) in [5.41, 5.74) is 0.599. The monoisotopic (exact) mass is 262 g/mol. The van der Waals surface area contributed by atoms with Crippen molar-refractivity contribution >= 4 is 11.8 Å². The molecule has 0 atom stereocenters. The highest BCUT2D eigenvalue weighted by Crippen LogP contribution is 2.19. The number of rotatable bonds is 3. The average Bonchev–Trinajstić information content (AvgIpc) is 2.40. The van der Waals surface area contributed by atoms with Crippen molar-refractivity contribution in [1.29, 1.82) is 0 Å². The number of hydrogen-bond donors (Lipinski definition) is 0. The summed E-state index contributed by atoms with van der Waals surface area (Å²) >= 11 is 1.49. The van der Waals surface area contributed by atoms with E-state index in [1.807, 2.05) is 30.3 Å². The van der Waals surface area contributed by atoms with Crippen LogP contribution in [-0.4, -0.2) is 9.13 Å². The molecule has 0 N–H and O–H groups in total. The molecular weight excluding hydrogens is 248 g/mol. The summed E-state index contributed by atoms with van der Waals surface area (Å²) < 4.78 is 2.60. The van der Waals surface area contributed by atoms with Gasteiger partial charge in [-0.15, -0.1) is 11.8 Å². The van der Waals surface area contributed by atoms with Crippen molar-refractivity contribution in [3.05, 3.63) is 62.8 Å². The van der Waals surface area contributed by atoms with E-state index in [1.165, 1.54) is 29.4 Å². The molecule has 2 aromatic rings. The summed E-state index contributed by atoms with van der Waals surface area (Å²) in [5.74, 6) is 0.737. The third-order valence-electron chi connectivity index (χ3n) is 2.71. The van der Waals surface area contributed by atoms with Gasteiger partial charge in [0.15, 0.2) is 0 Å². The Bertz CT molecular complexity index is 659. The fourth-order valence-electron chi connectivity index (χ4n) is 1.58. The number of thioether (sulfide) groups is 1. The van der Waals surface area contributed by atoms with E-state index in [0.29, 0.717) is 5.03 Å². The molecule has 0 spiro atoms. The summed E-state index contributed by atoms with van der Waals surface area (Å²) in [5, 5.41) is 0.687. The van der Waals surface area contributed by atoms with Crippen LogP contribution >= 0.6 is 11.8 Å². The highest BCUT2D eigenvalue weighted by molar-refractivity contribution is 7.98. The van der Waals surface area contributed by atoms with Crippen LogP contribution in [0.25, 0.3) is 0 Å². The summed E-state index contributed by atoms with van der Waals surface area (Å²) in [7, 11) is 3.16. The predicted molar refractivity (Wildman–Crippen MR) is 72.9 cm³/mol. The second-order valence-electron chi connectivity index (χ2n) is 4.00. The Balaban J connectivity index is 2.26. The Morgan fingerprint density at radius 1 is 1.06 bits per heavy atom. The SMILES string of the molecule is Cn1c(SCc2ccccc2)cc(=O)n(C)c1=O. The van der Waals surface area contributed by atoms with Gasteiger partial charge in [0.2, 0.25) is 0 Å². The fourth-order valence-corrected chi connectivity index (χ4v) is 2.55. The van der Waals surface area contributed by atoms with E-state index in [-0.39, 0.29) is 11.2 Å². The minimum absolute atomic E-state index is 0.270. The second kappa shape index (κ2) is 5.27. The number of hydrogen-bond acceptors (Lipinski definition) is 3. The first-order chi connectivity index (χ1) is 8.59. The first-order valence-corrected chi connectivity index (χ1v) is 6.52. The van der Waals surface area contributed by atoms with Crippen molar-refractivity contribution < 1.29 is 0 Å². The van der Waals surface area contributed by atoms with Crippen LogP contribution in [0.3, 0.4) is 0 Å². The zero-order valence-electron chi connectivity index (χ0n) is 10.3. The van der Waals surface area contributed by atoms with Crippen LogP contribution in [-0.2, 0) is 19.8 Å². The van der Waals surface area contributed by atoms with E-state index in [9.17, 15) is 9.59 Å². The van der Waals surface area contributed by atoms with Gasteiger partial charge in [0.05, 0.1) is 5.03 Å². The van der Waals surface area contributed by atoms with Crippen LogP contribution in [0.2, 0.25) is 0 Å². The normalized spacial score (nSPS) is 10.6. The minimum atomic E-state index is -0.293. The standard InChI is InChI=1S/C13H14N2O2S/c1-14-11(16)8-12(15(2)13(14)17)18-9-10-6-4-3-5-7-10/h3-8H,9H2,1-2H3. The maximum atomic E-state index is 11.7. The Morgan fingerprint density at radius 2 is 1.72 bits per heavy atom. The van der Waals surface area contributed by atoms with E-state index in [0.717, 1.165) is 15.9 Å². The molecule has 0 radical (unpaired) electrons. The number of benzene rings is 1. The fraction of sp³-hybridized carbons (Fsp3) is 0.231. The highest BCUT2D eigenvalue weighted by Gasteiger charge is 2.06. The Kier molecular flexibility index (Phi) is 3.72. The lowest BCUT2D eigenvalue weighted by Crippen LogP contribution is -2.36. The molecule has 0 aliphatic heterocycles. The van der Waals surface area contributed by atoms with Gasteiger partial charge in [0, 0.05) is 25.9 Å². The molecule has 0 unspecified atom stereocenters. The molecule has 0 aliphatic rings. The molecule has 4 nitrogen and oxygen atoms in total. The summed E-state index contributed by atoms with van der Waals surface area (Å²) in [6, 6.07) is 11.4. The Morgan fingerprint density at radius 3 is 2.39 bits per heavy atom. The van der Waals surface area contributed by atoms with E-state index >= 15 is 0 Å². The van der Waals surface area contributed by atoms with Crippen molar-refractivity contribution in [2.24, 2.45) is 14.1 Å². The van der Waals surface area contributed by atoms with Gasteiger partial charge < -0.3 is 0 Å². The topological polar surface area (TPSA) is 44.0 Å². The molecule has 0 saturated carbocycles. The van der Waals surface area contributed by atoms with Gasteiger partial charge in [0.1, 0.15) is 0 Å². The van der Waals surface area contributed by atoms with Crippen molar-refractivity contribution in [1.82, 2.24) is 9.13 Å². The van der Waals surface area contributed by atoms with Gasteiger partial charge in [-0.1, -0.05) is 30.3 Å². The maximum Gasteiger partial charge on any atom is 0.331 e. The first kappa shape index (κ1) is 12.7. The molecule has 1 aromatic heterocycles. The molecule has 0 bridgehead atoms. The largest absolute Gasteiger partial charge is 0.331 e. The van der Waals surface area contributed by atoms with Gasteiger partial charge in [-0.05, 0) is 5.56 Å². The Hall–Kier alpha value is -1.75. The van der Waals surface area contributed by atoms with Crippen molar-refractivity contribution in [2.45, 2.75) is 10.8 Å². The average molecular weight is 262 g/mol. The zero-order valence-corrected chi connectivity index (χ0v) is 11.1. The van der Waals surface area contributed by atoms with Gasteiger partial charge >= 0.3 is 5.69 Å². The lowest BCUT2D eigenvalue weighted by atomic mass is 10.2. The molecule has 0 fully saturated rings. The van der Waals surface area contributed by atoms with E-state index in [2.05, 4.69) is 0 Å². The molecule has 5 heteroatoms. The molecule has 18 heavy (non-hydrogen) atoms. The first-order valence-electron chi connectivity index (χ1n) is 5.53. The molecule has 0 aliphatic carbocycles. The van der Waals surface area contributed by atoms with Crippen LogP contribution in [0, 0.1) is 0 Å². The summed E-state index contributed by atoms with van der Waals surface area (Å²) in [6.45, 7) is 0. The number of aromatic nitrogens is 2. The third-order valence-corrected chi connectivity index (χ3v) is 3.88. The van der Waals surface area contributed by atoms with E-state index < -0.39 is 0 Å². The molecule has 1 heterocycles. The van der Waals surface area contributed by atoms with Crippen molar-refractivity contribution in [2.75, 3.05) is 0 Å². The molecule has 0 amide bonds. The predicted octanol–water partition coefficient (Wildman–Crippen LogP) is 1.38. The quantitative estimate of drug-likeness (QED) is 0.620. The Labute approximate surface area is 109 Å². The van der Waals surface area contributed by atoms with E-state index in [1.54, 1.807) is 7.05 Å². The summed E-state index contributed by atoms with van der Waals surface area (Å²) in [6.07, 6.45) is 0. The third kappa shape index (κ3) is 2.56. The molecule has 0 saturated heterocycles. The van der Waals surface area contributed by atoms with Crippen LogP contribution in [0.15, 0.2) is 51.0 Å². The van der Waals surface area contributed by atoms with Crippen molar-refractivity contribution in [3.63, 3.8) is 0 Å². The zero-order chi connectivity index (χ0) is 13.1. The molecule has 94 valence electrons. The van der Waals surface area contributed by atoms with Crippen molar-refractivity contribution in [3.8, 4) is 0 Å². The lowest BCUT2D eigenvalue weighted by Gasteiger charge is -2.08. The second-order valence-corrected chi connectivity index (χ2v) is 4.99. The number of nitrogens with zero attached hydrogens (tertiary/aromatic N) is 2. The van der Waals surface area contributed by atoms with Gasteiger partial charge in [-0.3, -0.25) is 13.9 Å². The molecule has 1 aromatic carbocycles. The summed E-state index contributed by atoms with van der Waals surface area (Å²) in [4.78, 5) is 23.3. The molecule has 2 rings (SSSR count). The maximum absolute atomic E-state index is 11.7.